The first kappa shape index (κ1) is 18.9. The van der Waals surface area contributed by atoms with Gasteiger partial charge in [-0.15, -0.1) is 0 Å². The first-order chi connectivity index (χ1) is 12.2. The van der Waals surface area contributed by atoms with Crippen molar-refractivity contribution in [1.29, 1.82) is 0 Å². The van der Waals surface area contributed by atoms with E-state index in [0.717, 1.165) is 45.2 Å². The molecule has 1 aliphatic heterocycles. The van der Waals surface area contributed by atoms with Gasteiger partial charge in [-0.1, -0.05) is 6.42 Å². The summed E-state index contributed by atoms with van der Waals surface area (Å²) in [6.45, 7) is 10.1. The van der Waals surface area contributed by atoms with Crippen molar-refractivity contribution < 1.29 is 14.2 Å². The van der Waals surface area contributed by atoms with Crippen LogP contribution in [0.25, 0.3) is 0 Å². The molecule has 6 nitrogen and oxygen atoms in total. The zero-order valence-electron chi connectivity index (χ0n) is 16.1. The molecular formula is C19H35N3O3. The summed E-state index contributed by atoms with van der Waals surface area (Å²) in [6, 6.07) is 0.699. The van der Waals surface area contributed by atoms with Crippen LogP contribution < -0.4 is 10.6 Å². The second-order valence-electron chi connectivity index (χ2n) is 7.65. The molecule has 2 aliphatic carbocycles. The summed E-state index contributed by atoms with van der Waals surface area (Å²) in [6.07, 6.45) is 6.63. The molecule has 1 spiro atoms. The Balaban J connectivity index is 1.47. The average molecular weight is 354 g/mol. The highest BCUT2D eigenvalue weighted by atomic mass is 16.5. The van der Waals surface area contributed by atoms with Crippen molar-refractivity contribution in [3.8, 4) is 0 Å². The van der Waals surface area contributed by atoms with Crippen molar-refractivity contribution in [1.82, 2.24) is 10.6 Å². The Kier molecular flexibility index (Phi) is 6.58. The summed E-state index contributed by atoms with van der Waals surface area (Å²) in [4.78, 5) is 4.63. The molecule has 25 heavy (non-hydrogen) atoms. The summed E-state index contributed by atoms with van der Waals surface area (Å²) in [5.41, 5.74) is 0.340. The minimum Gasteiger partial charge on any atom is -0.379 e. The van der Waals surface area contributed by atoms with Crippen molar-refractivity contribution in [2.45, 2.75) is 77.2 Å². The molecule has 0 bridgehead atoms. The van der Waals surface area contributed by atoms with Crippen LogP contribution in [0.2, 0.25) is 0 Å². The first-order valence-electron chi connectivity index (χ1n) is 10.1. The Hall–Kier alpha value is -0.850. The van der Waals surface area contributed by atoms with Gasteiger partial charge in [0, 0.05) is 37.3 Å². The third-order valence-corrected chi connectivity index (χ3v) is 5.92. The molecule has 4 unspecified atom stereocenters. The van der Waals surface area contributed by atoms with Gasteiger partial charge in [0.1, 0.15) is 0 Å². The third kappa shape index (κ3) is 4.29. The molecule has 2 saturated carbocycles. The Morgan fingerprint density at radius 3 is 2.76 bits per heavy atom. The summed E-state index contributed by atoms with van der Waals surface area (Å²) in [5, 5.41) is 7.18. The minimum absolute atomic E-state index is 0.221. The lowest BCUT2D eigenvalue weighted by molar-refractivity contribution is -0.168. The lowest BCUT2D eigenvalue weighted by Crippen LogP contribution is -2.69. The topological polar surface area (TPSA) is 64.1 Å². The number of hydrogen-bond donors (Lipinski definition) is 2. The zero-order valence-corrected chi connectivity index (χ0v) is 16.1. The van der Waals surface area contributed by atoms with E-state index in [4.69, 9.17) is 14.2 Å². The number of ether oxygens (including phenoxy) is 3. The molecule has 0 aromatic rings. The molecule has 4 atom stereocenters. The van der Waals surface area contributed by atoms with E-state index in [1.165, 1.54) is 19.3 Å². The molecule has 6 heteroatoms. The molecule has 144 valence electrons. The fourth-order valence-electron chi connectivity index (χ4n) is 4.30. The maximum absolute atomic E-state index is 5.95. The van der Waals surface area contributed by atoms with Gasteiger partial charge in [-0.3, -0.25) is 4.99 Å². The van der Waals surface area contributed by atoms with Crippen LogP contribution in [0, 0.1) is 5.41 Å². The molecular weight excluding hydrogens is 318 g/mol. The first-order valence-corrected chi connectivity index (χ1v) is 10.1. The Bertz CT molecular complexity index is 447. The fourth-order valence-corrected chi connectivity index (χ4v) is 4.30. The van der Waals surface area contributed by atoms with E-state index in [0.29, 0.717) is 24.2 Å². The summed E-state index contributed by atoms with van der Waals surface area (Å²) >= 11 is 0. The van der Waals surface area contributed by atoms with Crippen molar-refractivity contribution in [3.63, 3.8) is 0 Å². The van der Waals surface area contributed by atoms with E-state index < -0.39 is 0 Å². The number of hydrogen-bond acceptors (Lipinski definition) is 4. The number of nitrogens with zero attached hydrogens (tertiary/aromatic N) is 1. The van der Waals surface area contributed by atoms with Gasteiger partial charge in [-0.05, 0) is 46.5 Å². The number of aliphatic imine (C=N–C) groups is 1. The highest BCUT2D eigenvalue weighted by Crippen LogP contribution is 2.57. The van der Waals surface area contributed by atoms with Gasteiger partial charge in [0.2, 0.25) is 0 Å². The lowest BCUT2D eigenvalue weighted by atomic mass is 9.51. The number of rotatable bonds is 8. The monoisotopic (exact) mass is 353 g/mol. The maximum atomic E-state index is 5.95. The van der Waals surface area contributed by atoms with Gasteiger partial charge < -0.3 is 24.8 Å². The van der Waals surface area contributed by atoms with Gasteiger partial charge in [-0.2, -0.15) is 0 Å². The molecule has 3 aliphatic rings. The molecule has 0 radical (unpaired) electrons. The van der Waals surface area contributed by atoms with Gasteiger partial charge >= 0.3 is 0 Å². The standard InChI is InChI=1S/C19H35N3O3/c1-4-20-18(21-14(3)12-25-15-7-10-23-13-15)22-16-11-17(24-5-2)19(16)8-6-9-19/h14-17H,4-13H2,1-3H3,(H2,20,21,22). The van der Waals surface area contributed by atoms with Crippen LogP contribution in [-0.4, -0.2) is 63.2 Å². The molecule has 2 N–H and O–H groups in total. The van der Waals surface area contributed by atoms with Crippen molar-refractivity contribution in [3.05, 3.63) is 0 Å². The van der Waals surface area contributed by atoms with E-state index in [-0.39, 0.29) is 12.1 Å². The predicted molar refractivity (Wildman–Crippen MR) is 99.0 cm³/mol. The van der Waals surface area contributed by atoms with E-state index >= 15 is 0 Å². The van der Waals surface area contributed by atoms with Crippen molar-refractivity contribution in [2.75, 3.05) is 33.0 Å². The van der Waals surface area contributed by atoms with Crippen LogP contribution in [0.4, 0.5) is 0 Å². The van der Waals surface area contributed by atoms with Gasteiger partial charge in [0.25, 0.3) is 0 Å². The Morgan fingerprint density at radius 1 is 1.32 bits per heavy atom. The van der Waals surface area contributed by atoms with Crippen LogP contribution in [-0.2, 0) is 14.2 Å². The molecule has 1 heterocycles. The Morgan fingerprint density at radius 2 is 2.16 bits per heavy atom. The Labute approximate surface area is 152 Å². The number of guanidine groups is 1. The van der Waals surface area contributed by atoms with Gasteiger partial charge in [0.05, 0.1) is 25.4 Å². The van der Waals surface area contributed by atoms with Crippen molar-refractivity contribution >= 4 is 5.96 Å². The van der Waals surface area contributed by atoms with Crippen LogP contribution >= 0.6 is 0 Å². The summed E-state index contributed by atoms with van der Waals surface area (Å²) < 4.78 is 17.2. The van der Waals surface area contributed by atoms with E-state index in [2.05, 4.69) is 36.4 Å². The summed E-state index contributed by atoms with van der Waals surface area (Å²) in [7, 11) is 0. The quantitative estimate of drug-likeness (QED) is 0.517. The van der Waals surface area contributed by atoms with E-state index in [1.807, 2.05) is 0 Å². The summed E-state index contributed by atoms with van der Waals surface area (Å²) in [5.74, 6) is 0.910. The molecule has 3 rings (SSSR count). The lowest BCUT2D eigenvalue weighted by Gasteiger charge is -2.61. The number of nitrogens with one attached hydrogen (secondary N) is 2. The maximum Gasteiger partial charge on any atom is 0.191 e. The zero-order chi connectivity index (χ0) is 17.7. The van der Waals surface area contributed by atoms with Crippen LogP contribution in [0.15, 0.2) is 4.99 Å². The van der Waals surface area contributed by atoms with Crippen LogP contribution in [0.1, 0.15) is 52.9 Å². The SMILES string of the molecule is CCN=C(NC(C)COC1CCOC1)NC1CC(OCC)C12CCC2. The predicted octanol–water partition coefficient (Wildman–Crippen LogP) is 2.08. The largest absolute Gasteiger partial charge is 0.379 e. The second kappa shape index (κ2) is 8.69. The third-order valence-electron chi connectivity index (χ3n) is 5.92. The molecule has 0 aromatic heterocycles. The highest BCUT2D eigenvalue weighted by Gasteiger charge is 2.59. The van der Waals surface area contributed by atoms with Crippen LogP contribution in [0.3, 0.4) is 0 Å². The second-order valence-corrected chi connectivity index (χ2v) is 7.65. The highest BCUT2D eigenvalue weighted by molar-refractivity contribution is 5.80. The van der Waals surface area contributed by atoms with E-state index in [9.17, 15) is 0 Å². The molecule has 3 fully saturated rings. The van der Waals surface area contributed by atoms with Gasteiger partial charge in [-0.25, -0.2) is 0 Å². The van der Waals surface area contributed by atoms with Gasteiger partial charge in [0.15, 0.2) is 5.96 Å². The minimum atomic E-state index is 0.221. The molecule has 0 amide bonds. The smallest absolute Gasteiger partial charge is 0.191 e. The van der Waals surface area contributed by atoms with Crippen molar-refractivity contribution in [2.24, 2.45) is 10.4 Å². The van der Waals surface area contributed by atoms with Crippen LogP contribution in [0.5, 0.6) is 0 Å². The molecule has 0 aromatic carbocycles. The molecule has 1 saturated heterocycles. The van der Waals surface area contributed by atoms with E-state index in [1.54, 1.807) is 0 Å². The normalized spacial score (nSPS) is 32.1. The average Bonchev–Trinajstić information content (AvgIpc) is 3.04. The fraction of sp³-hybridized carbons (Fsp3) is 0.947.